The lowest BCUT2D eigenvalue weighted by atomic mass is 10.0. The van der Waals surface area contributed by atoms with Gasteiger partial charge in [-0.2, -0.15) is 0 Å². The number of thioether (sulfide) groups is 1. The number of aryl methyl sites for hydroxylation is 1. The van der Waals surface area contributed by atoms with Crippen molar-refractivity contribution in [2.75, 3.05) is 5.75 Å². The number of benzene rings is 1. The molecule has 2 rings (SSSR count). The molecule has 1 aromatic carbocycles. The van der Waals surface area contributed by atoms with Gasteiger partial charge < -0.3 is 9.67 Å². The number of hydrogen-bond acceptors (Lipinski definition) is 3. The SMILES string of the molecule is CCC(C(C)C)n1c(SCC(=O)O)nc2cc(C)ccc21. The van der Waals surface area contributed by atoms with E-state index in [1.807, 2.05) is 6.92 Å². The Bertz CT molecular complexity index is 649. The molecule has 1 aromatic heterocycles. The van der Waals surface area contributed by atoms with Crippen molar-refractivity contribution in [2.45, 2.75) is 45.3 Å². The summed E-state index contributed by atoms with van der Waals surface area (Å²) < 4.78 is 2.22. The molecule has 1 N–H and O–H groups in total. The van der Waals surface area contributed by atoms with Gasteiger partial charge >= 0.3 is 5.97 Å². The Morgan fingerprint density at radius 3 is 2.71 bits per heavy atom. The third kappa shape index (κ3) is 3.40. The van der Waals surface area contributed by atoms with E-state index >= 15 is 0 Å². The minimum absolute atomic E-state index is 0.0385. The summed E-state index contributed by atoms with van der Waals surface area (Å²) in [4.78, 5) is 15.5. The fraction of sp³-hybridized carbons (Fsp3) is 0.500. The Balaban J connectivity index is 2.56. The standard InChI is InChI=1S/C16H22N2O2S/c1-5-13(10(2)3)18-14-7-6-11(4)8-12(14)17-16(18)21-9-15(19)20/h6-8,10,13H,5,9H2,1-4H3,(H,19,20). The zero-order valence-corrected chi connectivity index (χ0v) is 13.8. The first-order valence-corrected chi connectivity index (χ1v) is 8.25. The number of aromatic nitrogens is 2. The average Bonchev–Trinajstić information content (AvgIpc) is 2.74. The van der Waals surface area contributed by atoms with E-state index < -0.39 is 5.97 Å². The number of rotatable bonds is 6. The smallest absolute Gasteiger partial charge is 0.313 e. The quantitative estimate of drug-likeness (QED) is 0.815. The zero-order valence-electron chi connectivity index (χ0n) is 13.0. The Kier molecular flexibility index (Phi) is 4.93. The van der Waals surface area contributed by atoms with Crippen LogP contribution in [0.2, 0.25) is 0 Å². The molecule has 0 aliphatic carbocycles. The average molecular weight is 306 g/mol. The molecule has 0 spiro atoms. The highest BCUT2D eigenvalue weighted by atomic mass is 32.2. The Labute approximate surface area is 129 Å². The molecule has 4 nitrogen and oxygen atoms in total. The molecule has 114 valence electrons. The van der Waals surface area contributed by atoms with Crippen LogP contribution < -0.4 is 0 Å². The predicted molar refractivity (Wildman–Crippen MR) is 87.0 cm³/mol. The number of carboxylic acids is 1. The van der Waals surface area contributed by atoms with Crippen LogP contribution in [0.3, 0.4) is 0 Å². The maximum Gasteiger partial charge on any atom is 0.313 e. The number of aliphatic carboxylic acids is 1. The van der Waals surface area contributed by atoms with E-state index in [2.05, 4.69) is 48.5 Å². The molecule has 0 amide bonds. The second kappa shape index (κ2) is 6.52. The number of fused-ring (bicyclic) bond motifs is 1. The molecule has 1 heterocycles. The van der Waals surface area contributed by atoms with Crippen LogP contribution in [0.15, 0.2) is 23.4 Å². The second-order valence-corrected chi connectivity index (χ2v) is 6.60. The lowest BCUT2D eigenvalue weighted by Gasteiger charge is -2.23. The molecule has 0 radical (unpaired) electrons. The van der Waals surface area contributed by atoms with Crippen LogP contribution in [0.4, 0.5) is 0 Å². The van der Waals surface area contributed by atoms with Crippen LogP contribution in [0.5, 0.6) is 0 Å². The summed E-state index contributed by atoms with van der Waals surface area (Å²) in [7, 11) is 0. The van der Waals surface area contributed by atoms with Gasteiger partial charge in [0.25, 0.3) is 0 Å². The maximum atomic E-state index is 10.9. The van der Waals surface area contributed by atoms with Crippen molar-refractivity contribution in [1.82, 2.24) is 9.55 Å². The summed E-state index contributed by atoms with van der Waals surface area (Å²) in [6.07, 6.45) is 0.998. The van der Waals surface area contributed by atoms with E-state index in [0.717, 1.165) is 22.6 Å². The monoisotopic (exact) mass is 306 g/mol. The Hall–Kier alpha value is -1.49. The van der Waals surface area contributed by atoms with Crippen molar-refractivity contribution in [2.24, 2.45) is 5.92 Å². The summed E-state index contributed by atoms with van der Waals surface area (Å²) in [5.41, 5.74) is 3.20. The number of nitrogens with zero attached hydrogens (tertiary/aromatic N) is 2. The lowest BCUT2D eigenvalue weighted by Crippen LogP contribution is -2.15. The maximum absolute atomic E-state index is 10.9. The molecule has 5 heteroatoms. The molecule has 0 aliphatic rings. The fourth-order valence-corrected chi connectivity index (χ4v) is 3.48. The first-order chi connectivity index (χ1) is 9.93. The lowest BCUT2D eigenvalue weighted by molar-refractivity contribution is -0.133. The summed E-state index contributed by atoms with van der Waals surface area (Å²) in [6.45, 7) is 8.60. The highest BCUT2D eigenvalue weighted by Gasteiger charge is 2.21. The van der Waals surface area contributed by atoms with Crippen LogP contribution in [0.25, 0.3) is 11.0 Å². The van der Waals surface area contributed by atoms with Gasteiger partial charge in [-0.25, -0.2) is 4.98 Å². The van der Waals surface area contributed by atoms with Gasteiger partial charge in [-0.3, -0.25) is 4.79 Å². The van der Waals surface area contributed by atoms with E-state index in [1.165, 1.54) is 17.3 Å². The number of imidazole rings is 1. The van der Waals surface area contributed by atoms with E-state index in [0.29, 0.717) is 12.0 Å². The van der Waals surface area contributed by atoms with Gasteiger partial charge in [-0.1, -0.05) is 38.6 Å². The third-order valence-corrected chi connectivity index (χ3v) is 4.59. The highest BCUT2D eigenvalue weighted by molar-refractivity contribution is 7.99. The molecule has 1 unspecified atom stereocenters. The third-order valence-electron chi connectivity index (χ3n) is 3.66. The Morgan fingerprint density at radius 1 is 1.43 bits per heavy atom. The van der Waals surface area contributed by atoms with Crippen molar-refractivity contribution in [3.8, 4) is 0 Å². The number of carbonyl (C=O) groups is 1. The molecule has 0 bridgehead atoms. The van der Waals surface area contributed by atoms with Gasteiger partial charge in [0.05, 0.1) is 16.8 Å². The molecule has 0 saturated carbocycles. The summed E-state index contributed by atoms with van der Waals surface area (Å²) in [5.74, 6) is -0.304. The van der Waals surface area contributed by atoms with Crippen LogP contribution >= 0.6 is 11.8 Å². The van der Waals surface area contributed by atoms with Crippen molar-refractivity contribution in [1.29, 1.82) is 0 Å². The summed E-state index contributed by atoms with van der Waals surface area (Å²) >= 11 is 1.30. The van der Waals surface area contributed by atoms with Gasteiger partial charge in [0.15, 0.2) is 5.16 Å². The topological polar surface area (TPSA) is 55.1 Å². The van der Waals surface area contributed by atoms with E-state index in [9.17, 15) is 4.79 Å². The second-order valence-electron chi connectivity index (χ2n) is 5.66. The Morgan fingerprint density at radius 2 is 2.14 bits per heavy atom. The molecule has 2 aromatic rings. The molecular weight excluding hydrogens is 284 g/mol. The fourth-order valence-electron chi connectivity index (χ4n) is 2.69. The van der Waals surface area contributed by atoms with Crippen molar-refractivity contribution >= 4 is 28.8 Å². The first kappa shape index (κ1) is 15.9. The minimum Gasteiger partial charge on any atom is -0.481 e. The first-order valence-electron chi connectivity index (χ1n) is 7.27. The molecule has 1 atom stereocenters. The molecule has 0 saturated heterocycles. The van der Waals surface area contributed by atoms with Gasteiger partial charge in [0.2, 0.25) is 0 Å². The number of carboxylic acid groups (broad SMARTS) is 1. The van der Waals surface area contributed by atoms with Crippen LogP contribution in [0.1, 0.15) is 38.8 Å². The van der Waals surface area contributed by atoms with Gasteiger partial charge in [0, 0.05) is 6.04 Å². The van der Waals surface area contributed by atoms with Gasteiger partial charge in [-0.05, 0) is 37.0 Å². The number of hydrogen-bond donors (Lipinski definition) is 1. The minimum atomic E-state index is -0.813. The zero-order chi connectivity index (χ0) is 15.6. The molecule has 0 aliphatic heterocycles. The van der Waals surface area contributed by atoms with E-state index in [-0.39, 0.29) is 5.75 Å². The van der Waals surface area contributed by atoms with E-state index in [4.69, 9.17) is 5.11 Å². The molecule has 21 heavy (non-hydrogen) atoms. The van der Waals surface area contributed by atoms with Crippen LogP contribution in [0, 0.1) is 12.8 Å². The summed E-state index contributed by atoms with van der Waals surface area (Å²) in [5, 5.41) is 9.74. The van der Waals surface area contributed by atoms with Crippen LogP contribution in [-0.2, 0) is 4.79 Å². The van der Waals surface area contributed by atoms with Crippen molar-refractivity contribution in [3.63, 3.8) is 0 Å². The summed E-state index contributed by atoms with van der Waals surface area (Å²) in [6, 6.07) is 6.56. The van der Waals surface area contributed by atoms with Crippen molar-refractivity contribution < 1.29 is 9.90 Å². The van der Waals surface area contributed by atoms with Crippen molar-refractivity contribution in [3.05, 3.63) is 23.8 Å². The van der Waals surface area contributed by atoms with Crippen LogP contribution in [-0.4, -0.2) is 26.4 Å². The van der Waals surface area contributed by atoms with Gasteiger partial charge in [0.1, 0.15) is 0 Å². The predicted octanol–water partition coefficient (Wildman–Crippen LogP) is 4.13. The molecule has 0 fully saturated rings. The van der Waals surface area contributed by atoms with E-state index in [1.54, 1.807) is 0 Å². The largest absolute Gasteiger partial charge is 0.481 e. The normalized spacial score (nSPS) is 13.0. The molecular formula is C16H22N2O2S. The highest BCUT2D eigenvalue weighted by Crippen LogP contribution is 2.33. The van der Waals surface area contributed by atoms with Gasteiger partial charge in [-0.15, -0.1) is 0 Å².